The van der Waals surface area contributed by atoms with Crippen LogP contribution in [-0.2, 0) is 7.05 Å². The molecule has 4 heterocycles. The molecule has 4 aromatic heterocycles. The second kappa shape index (κ2) is 8.31. The number of thiophene rings is 1. The number of aryl methyl sites for hydroxylation is 2. The number of carbonyl (C=O) groups excluding carboxylic acids is 1. The van der Waals surface area contributed by atoms with Gasteiger partial charge in [-0.3, -0.25) is 9.48 Å². The number of rotatable bonds is 6. The predicted molar refractivity (Wildman–Crippen MR) is 116 cm³/mol. The molecule has 0 atom stereocenters. The molecule has 0 aromatic carbocycles. The zero-order chi connectivity index (χ0) is 21.1. The fourth-order valence-electron chi connectivity index (χ4n) is 3.26. The van der Waals surface area contributed by atoms with E-state index in [9.17, 15) is 4.79 Å². The third kappa shape index (κ3) is 3.73. The highest BCUT2D eigenvalue weighted by molar-refractivity contribution is 7.13. The van der Waals surface area contributed by atoms with Gasteiger partial charge in [-0.1, -0.05) is 6.07 Å². The summed E-state index contributed by atoms with van der Waals surface area (Å²) in [4.78, 5) is 22.9. The molecule has 0 aliphatic heterocycles. The quantitative estimate of drug-likeness (QED) is 0.467. The van der Waals surface area contributed by atoms with Crippen molar-refractivity contribution in [3.05, 3.63) is 58.7 Å². The second-order valence-electron chi connectivity index (χ2n) is 6.63. The van der Waals surface area contributed by atoms with E-state index in [2.05, 4.69) is 26.8 Å². The van der Waals surface area contributed by atoms with E-state index in [0.29, 0.717) is 35.7 Å². The summed E-state index contributed by atoms with van der Waals surface area (Å²) in [5.74, 6) is 0.309. The third-order valence-electron chi connectivity index (χ3n) is 4.62. The molecule has 0 bridgehead atoms. The average Bonchev–Trinajstić information content (AvgIpc) is 3.39. The standard InChI is InChI=1S/C21H19N7OS/c1-13-18-15(11-16(17-6-4-10-30-17)26-20(18)28(2)27-13)21(29)25-9-8-24-19-14(12-22)5-3-7-23-19/h3-7,10-11H,8-9H2,1-2H3,(H,23,24)(H,25,29). The van der Waals surface area contributed by atoms with Gasteiger partial charge in [0.15, 0.2) is 5.65 Å². The smallest absolute Gasteiger partial charge is 0.252 e. The van der Waals surface area contributed by atoms with Gasteiger partial charge in [0, 0.05) is 26.3 Å². The Bertz CT molecular complexity index is 1250. The molecule has 0 aliphatic carbocycles. The molecule has 1 amide bonds. The van der Waals surface area contributed by atoms with Crippen LogP contribution in [0.4, 0.5) is 5.82 Å². The first kappa shape index (κ1) is 19.5. The van der Waals surface area contributed by atoms with Crippen LogP contribution in [0.2, 0.25) is 0 Å². The van der Waals surface area contributed by atoms with E-state index < -0.39 is 0 Å². The molecule has 0 saturated carbocycles. The maximum Gasteiger partial charge on any atom is 0.252 e. The highest BCUT2D eigenvalue weighted by atomic mass is 32.1. The van der Waals surface area contributed by atoms with Crippen LogP contribution in [0.25, 0.3) is 21.6 Å². The molecular formula is C21H19N7OS. The fraction of sp³-hybridized carbons (Fsp3) is 0.190. The maximum atomic E-state index is 13.0. The summed E-state index contributed by atoms with van der Waals surface area (Å²) < 4.78 is 1.70. The third-order valence-corrected chi connectivity index (χ3v) is 5.51. The van der Waals surface area contributed by atoms with Crippen LogP contribution < -0.4 is 10.6 Å². The lowest BCUT2D eigenvalue weighted by molar-refractivity contribution is 0.0956. The Balaban J connectivity index is 1.55. The van der Waals surface area contributed by atoms with E-state index >= 15 is 0 Å². The number of pyridine rings is 2. The van der Waals surface area contributed by atoms with E-state index in [1.807, 2.05) is 37.6 Å². The number of aromatic nitrogens is 4. The van der Waals surface area contributed by atoms with Gasteiger partial charge in [0.2, 0.25) is 0 Å². The zero-order valence-electron chi connectivity index (χ0n) is 16.5. The number of nitrogens with zero attached hydrogens (tertiary/aromatic N) is 5. The van der Waals surface area contributed by atoms with Gasteiger partial charge in [0.05, 0.1) is 32.8 Å². The number of nitriles is 1. The fourth-order valence-corrected chi connectivity index (χ4v) is 3.95. The van der Waals surface area contributed by atoms with E-state index in [1.165, 1.54) is 0 Å². The molecule has 8 nitrogen and oxygen atoms in total. The summed E-state index contributed by atoms with van der Waals surface area (Å²) >= 11 is 1.57. The van der Waals surface area contributed by atoms with Crippen LogP contribution in [0.1, 0.15) is 21.6 Å². The Morgan fingerprint density at radius 1 is 1.30 bits per heavy atom. The zero-order valence-corrected chi connectivity index (χ0v) is 17.3. The highest BCUT2D eigenvalue weighted by Gasteiger charge is 2.19. The number of hydrogen-bond donors (Lipinski definition) is 2. The van der Waals surface area contributed by atoms with Crippen molar-refractivity contribution >= 4 is 34.1 Å². The number of carbonyl (C=O) groups is 1. The summed E-state index contributed by atoms with van der Waals surface area (Å²) in [5, 5.41) is 22.3. The Morgan fingerprint density at radius 2 is 2.17 bits per heavy atom. The Morgan fingerprint density at radius 3 is 2.93 bits per heavy atom. The number of amides is 1. The van der Waals surface area contributed by atoms with Crippen LogP contribution >= 0.6 is 11.3 Å². The Labute approximate surface area is 177 Å². The van der Waals surface area contributed by atoms with Gasteiger partial charge in [-0.2, -0.15) is 10.4 Å². The van der Waals surface area contributed by atoms with Crippen molar-refractivity contribution in [2.45, 2.75) is 6.92 Å². The minimum Gasteiger partial charge on any atom is -0.367 e. The first-order valence-corrected chi connectivity index (χ1v) is 10.2. The van der Waals surface area contributed by atoms with E-state index in [0.717, 1.165) is 21.7 Å². The predicted octanol–water partition coefficient (Wildman–Crippen LogP) is 3.11. The lowest BCUT2D eigenvalue weighted by Crippen LogP contribution is -2.29. The number of nitrogens with one attached hydrogen (secondary N) is 2. The molecule has 30 heavy (non-hydrogen) atoms. The molecule has 9 heteroatoms. The lowest BCUT2D eigenvalue weighted by atomic mass is 10.1. The summed E-state index contributed by atoms with van der Waals surface area (Å²) in [5.41, 5.74) is 3.19. The van der Waals surface area contributed by atoms with Gasteiger partial charge in [-0.15, -0.1) is 11.3 Å². The van der Waals surface area contributed by atoms with Crippen LogP contribution in [0.5, 0.6) is 0 Å². The molecular weight excluding hydrogens is 398 g/mol. The Kier molecular flexibility index (Phi) is 5.41. The first-order valence-electron chi connectivity index (χ1n) is 9.34. The van der Waals surface area contributed by atoms with Crippen LogP contribution in [0.3, 0.4) is 0 Å². The molecule has 0 saturated heterocycles. The largest absolute Gasteiger partial charge is 0.367 e. The monoisotopic (exact) mass is 417 g/mol. The topological polar surface area (TPSA) is 109 Å². The van der Waals surface area contributed by atoms with Crippen LogP contribution in [0, 0.1) is 18.3 Å². The molecule has 0 spiro atoms. The number of hydrogen-bond acceptors (Lipinski definition) is 7. The maximum absolute atomic E-state index is 13.0. The van der Waals surface area contributed by atoms with E-state index in [4.69, 9.17) is 10.2 Å². The van der Waals surface area contributed by atoms with Crippen molar-refractivity contribution in [1.82, 2.24) is 25.1 Å². The van der Waals surface area contributed by atoms with E-state index in [1.54, 1.807) is 34.3 Å². The van der Waals surface area contributed by atoms with Crippen molar-refractivity contribution in [2.24, 2.45) is 7.05 Å². The molecule has 150 valence electrons. The molecule has 2 N–H and O–H groups in total. The van der Waals surface area contributed by atoms with Crippen LogP contribution in [0.15, 0.2) is 41.9 Å². The molecule has 0 aliphatic rings. The molecule has 4 aromatic rings. The number of anilines is 1. The normalized spacial score (nSPS) is 10.7. The van der Waals surface area contributed by atoms with Gasteiger partial charge in [0.25, 0.3) is 5.91 Å². The minimum absolute atomic E-state index is 0.195. The first-order chi connectivity index (χ1) is 14.6. The van der Waals surface area contributed by atoms with Gasteiger partial charge in [-0.05, 0) is 36.6 Å². The number of fused-ring (bicyclic) bond motifs is 1. The van der Waals surface area contributed by atoms with E-state index in [-0.39, 0.29) is 5.91 Å². The molecule has 0 fully saturated rings. The SMILES string of the molecule is Cc1nn(C)c2nc(-c3cccs3)cc(C(=O)NCCNc3ncccc3C#N)c12. The van der Waals surface area contributed by atoms with Gasteiger partial charge >= 0.3 is 0 Å². The van der Waals surface area contributed by atoms with Gasteiger partial charge in [-0.25, -0.2) is 9.97 Å². The van der Waals surface area contributed by atoms with Crippen molar-refractivity contribution in [3.8, 4) is 16.6 Å². The summed E-state index contributed by atoms with van der Waals surface area (Å²) in [7, 11) is 1.83. The second-order valence-corrected chi connectivity index (χ2v) is 7.58. The summed E-state index contributed by atoms with van der Waals surface area (Å²) in [6.07, 6.45) is 1.62. The molecule has 0 unspecified atom stereocenters. The summed E-state index contributed by atoms with van der Waals surface area (Å²) in [6, 6.07) is 11.2. The Hall–Kier alpha value is -3.77. The average molecular weight is 417 g/mol. The minimum atomic E-state index is -0.195. The van der Waals surface area contributed by atoms with Crippen molar-refractivity contribution in [3.63, 3.8) is 0 Å². The lowest BCUT2D eigenvalue weighted by Gasteiger charge is -2.10. The van der Waals surface area contributed by atoms with Crippen molar-refractivity contribution < 1.29 is 4.79 Å². The highest BCUT2D eigenvalue weighted by Crippen LogP contribution is 2.29. The van der Waals surface area contributed by atoms with Crippen LogP contribution in [-0.4, -0.2) is 38.7 Å². The van der Waals surface area contributed by atoms with Crippen molar-refractivity contribution in [1.29, 1.82) is 5.26 Å². The van der Waals surface area contributed by atoms with Crippen molar-refractivity contribution in [2.75, 3.05) is 18.4 Å². The molecule has 0 radical (unpaired) electrons. The van der Waals surface area contributed by atoms with Gasteiger partial charge < -0.3 is 10.6 Å². The molecule has 4 rings (SSSR count). The van der Waals surface area contributed by atoms with Gasteiger partial charge in [0.1, 0.15) is 11.9 Å². The summed E-state index contributed by atoms with van der Waals surface area (Å²) in [6.45, 7) is 2.69.